The summed E-state index contributed by atoms with van der Waals surface area (Å²) in [7, 11) is 0. The number of hydrogen-bond donors (Lipinski definition) is 1. The minimum atomic E-state index is -0.871. The van der Waals surface area contributed by atoms with Crippen LogP contribution in [0.3, 0.4) is 0 Å². The molecule has 0 aliphatic rings. The molecule has 114 valence electrons. The van der Waals surface area contributed by atoms with Gasteiger partial charge < -0.3 is 10.0 Å². The minimum Gasteiger partial charge on any atom is -0.481 e. The van der Waals surface area contributed by atoms with E-state index in [-0.39, 0.29) is 18.7 Å². The fraction of sp³-hybridized carbons (Fsp3) is 0.222. The first-order valence-electron chi connectivity index (χ1n) is 7.18. The topological polar surface area (TPSA) is 57.6 Å². The van der Waals surface area contributed by atoms with Crippen molar-refractivity contribution in [2.45, 2.75) is 13.3 Å². The monoisotopic (exact) mass is 297 g/mol. The summed E-state index contributed by atoms with van der Waals surface area (Å²) in [6.45, 7) is 2.46. The van der Waals surface area contributed by atoms with Crippen LogP contribution in [0.2, 0.25) is 0 Å². The molecule has 0 aliphatic carbocycles. The highest BCUT2D eigenvalue weighted by Crippen LogP contribution is 2.16. The first kappa shape index (κ1) is 15.8. The van der Waals surface area contributed by atoms with Crippen molar-refractivity contribution in [1.29, 1.82) is 0 Å². The lowest BCUT2D eigenvalue weighted by atomic mass is 10.1. The van der Waals surface area contributed by atoms with Gasteiger partial charge in [-0.1, -0.05) is 48.0 Å². The van der Waals surface area contributed by atoms with Gasteiger partial charge in [0.2, 0.25) is 0 Å². The van der Waals surface area contributed by atoms with Crippen molar-refractivity contribution >= 4 is 17.4 Å². The number of carboxylic acids is 1. The molecule has 0 saturated carbocycles. The summed E-state index contributed by atoms with van der Waals surface area (Å²) in [5.74, 6) is -0.893. The lowest BCUT2D eigenvalue weighted by Crippen LogP contribution is -2.32. The van der Waals surface area contributed by atoms with Gasteiger partial charge in [0, 0.05) is 17.8 Å². The molecule has 2 rings (SSSR count). The van der Waals surface area contributed by atoms with Gasteiger partial charge >= 0.3 is 5.97 Å². The van der Waals surface area contributed by atoms with Crippen LogP contribution < -0.4 is 4.90 Å². The molecule has 22 heavy (non-hydrogen) atoms. The van der Waals surface area contributed by atoms with Crippen molar-refractivity contribution in [3.05, 3.63) is 65.7 Å². The molecule has 4 nitrogen and oxygen atoms in total. The number of benzene rings is 2. The van der Waals surface area contributed by atoms with Gasteiger partial charge in [-0.25, -0.2) is 0 Å². The zero-order chi connectivity index (χ0) is 15.9. The summed E-state index contributed by atoms with van der Waals surface area (Å²) in [5.41, 5.74) is 2.61. The SMILES string of the molecule is Cc1ccc(N(CCC(=O)O)CC(=O)c2ccccc2)cc1. The van der Waals surface area contributed by atoms with Crippen LogP contribution in [0.4, 0.5) is 5.69 Å². The van der Waals surface area contributed by atoms with E-state index < -0.39 is 5.97 Å². The van der Waals surface area contributed by atoms with Gasteiger partial charge in [-0.3, -0.25) is 9.59 Å². The second-order valence-corrected chi connectivity index (χ2v) is 5.19. The highest BCUT2D eigenvalue weighted by Gasteiger charge is 2.14. The van der Waals surface area contributed by atoms with Gasteiger partial charge in [-0.05, 0) is 19.1 Å². The Bertz CT molecular complexity index is 635. The van der Waals surface area contributed by atoms with E-state index in [1.807, 2.05) is 54.3 Å². The van der Waals surface area contributed by atoms with Crippen molar-refractivity contribution < 1.29 is 14.7 Å². The first-order chi connectivity index (χ1) is 10.6. The number of rotatable bonds is 7. The van der Waals surface area contributed by atoms with Crippen molar-refractivity contribution in [1.82, 2.24) is 0 Å². The number of carbonyl (C=O) groups is 2. The van der Waals surface area contributed by atoms with Gasteiger partial charge in [-0.2, -0.15) is 0 Å². The summed E-state index contributed by atoms with van der Waals surface area (Å²) in [5, 5.41) is 8.89. The predicted octanol–water partition coefficient (Wildman–Crippen LogP) is 3.16. The fourth-order valence-electron chi connectivity index (χ4n) is 2.17. The first-order valence-corrected chi connectivity index (χ1v) is 7.18. The summed E-state index contributed by atoms with van der Waals surface area (Å²) in [4.78, 5) is 25.0. The lowest BCUT2D eigenvalue weighted by molar-refractivity contribution is -0.136. The molecule has 0 aliphatic heterocycles. The van der Waals surface area contributed by atoms with E-state index in [4.69, 9.17) is 5.11 Å². The Morgan fingerprint density at radius 3 is 2.23 bits per heavy atom. The third kappa shape index (κ3) is 4.45. The Balaban J connectivity index is 2.15. The number of hydrogen-bond acceptors (Lipinski definition) is 3. The van der Waals surface area contributed by atoms with Crippen LogP contribution in [0.1, 0.15) is 22.3 Å². The van der Waals surface area contributed by atoms with Crippen LogP contribution in [0.15, 0.2) is 54.6 Å². The second-order valence-electron chi connectivity index (χ2n) is 5.19. The number of aliphatic carboxylic acids is 1. The number of carboxylic acid groups (broad SMARTS) is 1. The number of aryl methyl sites for hydroxylation is 1. The van der Waals surface area contributed by atoms with Gasteiger partial charge in [0.15, 0.2) is 5.78 Å². The molecule has 4 heteroatoms. The largest absolute Gasteiger partial charge is 0.481 e. The fourth-order valence-corrected chi connectivity index (χ4v) is 2.17. The zero-order valence-corrected chi connectivity index (χ0v) is 12.5. The van der Waals surface area contributed by atoms with Gasteiger partial charge in [-0.15, -0.1) is 0 Å². The molecule has 0 fully saturated rings. The maximum Gasteiger partial charge on any atom is 0.305 e. The number of ketones is 1. The van der Waals surface area contributed by atoms with E-state index in [1.54, 1.807) is 12.1 Å². The summed E-state index contributed by atoms with van der Waals surface area (Å²) in [6, 6.07) is 16.8. The molecule has 1 N–H and O–H groups in total. The third-order valence-electron chi connectivity index (χ3n) is 3.42. The average molecular weight is 297 g/mol. The normalized spacial score (nSPS) is 10.2. The van der Waals surface area contributed by atoms with Gasteiger partial charge in [0.1, 0.15) is 0 Å². The summed E-state index contributed by atoms with van der Waals surface area (Å²) < 4.78 is 0. The van der Waals surface area contributed by atoms with Crippen molar-refractivity contribution in [3.8, 4) is 0 Å². The Hall–Kier alpha value is -2.62. The molecule has 0 radical (unpaired) electrons. The molecule has 0 aromatic heterocycles. The van der Waals surface area contributed by atoms with Gasteiger partial charge in [0.25, 0.3) is 0 Å². The van der Waals surface area contributed by atoms with Crippen molar-refractivity contribution in [3.63, 3.8) is 0 Å². The number of Topliss-reactive ketones (excluding diaryl/α,β-unsaturated/α-hetero) is 1. The highest BCUT2D eigenvalue weighted by atomic mass is 16.4. The van der Waals surface area contributed by atoms with Crippen LogP contribution in [0.5, 0.6) is 0 Å². The molecular weight excluding hydrogens is 278 g/mol. The zero-order valence-electron chi connectivity index (χ0n) is 12.5. The molecule has 0 bridgehead atoms. The Morgan fingerprint density at radius 1 is 1.00 bits per heavy atom. The molecular formula is C18H19NO3. The Kier molecular flexibility index (Phi) is 5.31. The van der Waals surface area contributed by atoms with E-state index >= 15 is 0 Å². The highest BCUT2D eigenvalue weighted by molar-refractivity contribution is 5.99. The molecule has 0 saturated heterocycles. The molecule has 0 spiro atoms. The summed E-state index contributed by atoms with van der Waals surface area (Å²) in [6.07, 6.45) is -0.00402. The Labute approximate surface area is 130 Å². The Morgan fingerprint density at radius 2 is 1.64 bits per heavy atom. The predicted molar refractivity (Wildman–Crippen MR) is 86.4 cm³/mol. The maximum absolute atomic E-state index is 12.4. The van der Waals surface area contributed by atoms with Crippen molar-refractivity contribution in [2.24, 2.45) is 0 Å². The van der Waals surface area contributed by atoms with Crippen LogP contribution in [0.25, 0.3) is 0 Å². The summed E-state index contributed by atoms with van der Waals surface area (Å²) >= 11 is 0. The van der Waals surface area contributed by atoms with E-state index in [9.17, 15) is 9.59 Å². The lowest BCUT2D eigenvalue weighted by Gasteiger charge is -2.23. The van der Waals surface area contributed by atoms with Crippen LogP contribution in [-0.2, 0) is 4.79 Å². The van der Waals surface area contributed by atoms with E-state index in [2.05, 4.69) is 0 Å². The average Bonchev–Trinajstić information content (AvgIpc) is 2.53. The minimum absolute atomic E-state index is 0.00402. The molecule has 0 amide bonds. The van der Waals surface area contributed by atoms with E-state index in [0.717, 1.165) is 11.3 Å². The molecule has 2 aromatic rings. The maximum atomic E-state index is 12.4. The molecule has 2 aromatic carbocycles. The number of carbonyl (C=O) groups excluding carboxylic acids is 1. The van der Waals surface area contributed by atoms with Crippen LogP contribution >= 0.6 is 0 Å². The molecule has 0 atom stereocenters. The van der Waals surface area contributed by atoms with E-state index in [0.29, 0.717) is 12.1 Å². The quantitative estimate of drug-likeness (QED) is 0.798. The van der Waals surface area contributed by atoms with Gasteiger partial charge in [0.05, 0.1) is 13.0 Å². The third-order valence-corrected chi connectivity index (χ3v) is 3.42. The van der Waals surface area contributed by atoms with Crippen molar-refractivity contribution in [2.75, 3.05) is 18.0 Å². The second kappa shape index (κ2) is 7.41. The number of nitrogens with zero attached hydrogens (tertiary/aromatic N) is 1. The number of anilines is 1. The molecule has 0 unspecified atom stereocenters. The van der Waals surface area contributed by atoms with E-state index in [1.165, 1.54) is 0 Å². The molecule has 0 heterocycles. The van der Waals surface area contributed by atoms with Crippen LogP contribution in [0, 0.1) is 6.92 Å². The van der Waals surface area contributed by atoms with Crippen LogP contribution in [-0.4, -0.2) is 29.9 Å². The smallest absolute Gasteiger partial charge is 0.305 e. The standard InChI is InChI=1S/C18H19NO3/c1-14-7-9-16(10-8-14)19(12-11-18(21)22)13-17(20)15-5-3-2-4-6-15/h2-10H,11-13H2,1H3,(H,21,22).